The van der Waals surface area contributed by atoms with Crippen molar-refractivity contribution in [1.29, 1.82) is 0 Å². The van der Waals surface area contributed by atoms with Crippen LogP contribution in [0.4, 0.5) is 13.2 Å². The van der Waals surface area contributed by atoms with Crippen molar-refractivity contribution in [3.63, 3.8) is 0 Å². The number of alkyl halides is 3. The molecule has 1 saturated heterocycles. The molecular weight excluding hydrogens is 213 g/mol. The average Bonchev–Trinajstić information content (AvgIpc) is 2.65. The fourth-order valence-corrected chi connectivity index (χ4v) is 1.49. The Hall–Kier alpha value is -0.910. The van der Waals surface area contributed by atoms with E-state index in [1.54, 1.807) is 0 Å². The molecule has 1 fully saturated rings. The largest absolute Gasteiger partial charge is 0.450 e. The molecule has 1 rings (SSSR count). The second-order valence-corrected chi connectivity index (χ2v) is 3.55. The molecule has 0 radical (unpaired) electrons. The van der Waals surface area contributed by atoms with Gasteiger partial charge < -0.3 is 4.74 Å². The Bertz CT molecular complexity index is 266. The second-order valence-electron chi connectivity index (χ2n) is 3.55. The van der Waals surface area contributed by atoms with Crippen molar-refractivity contribution in [3.05, 3.63) is 0 Å². The van der Waals surface area contributed by atoms with E-state index >= 15 is 0 Å². The Morgan fingerprint density at radius 1 is 1.40 bits per heavy atom. The topological polar surface area (TPSA) is 43.4 Å². The van der Waals surface area contributed by atoms with Crippen molar-refractivity contribution in [1.82, 2.24) is 0 Å². The lowest BCUT2D eigenvalue weighted by Crippen LogP contribution is -2.36. The molecule has 0 aromatic rings. The highest BCUT2D eigenvalue weighted by Crippen LogP contribution is 2.25. The van der Waals surface area contributed by atoms with Gasteiger partial charge in [0.2, 0.25) is 5.78 Å². The normalized spacial score (nSPS) is 23.9. The third kappa shape index (κ3) is 2.77. The third-order valence-electron chi connectivity index (χ3n) is 2.43. The van der Waals surface area contributed by atoms with Crippen LogP contribution in [0.25, 0.3) is 0 Å². The molecule has 6 heteroatoms. The lowest BCUT2D eigenvalue weighted by molar-refractivity contribution is -0.176. The monoisotopic (exact) mass is 224 g/mol. The lowest BCUT2D eigenvalue weighted by atomic mass is 9.90. The van der Waals surface area contributed by atoms with Gasteiger partial charge in [-0.2, -0.15) is 13.2 Å². The minimum Gasteiger partial charge on any atom is -0.381 e. The summed E-state index contributed by atoms with van der Waals surface area (Å²) >= 11 is 0. The minimum atomic E-state index is -4.94. The molecule has 0 spiro atoms. The maximum atomic E-state index is 12.0. The van der Waals surface area contributed by atoms with E-state index < -0.39 is 29.6 Å². The van der Waals surface area contributed by atoms with Crippen LogP contribution in [0, 0.1) is 11.8 Å². The molecule has 0 N–H and O–H groups in total. The number of halogens is 3. The first-order valence-electron chi connectivity index (χ1n) is 4.56. The summed E-state index contributed by atoms with van der Waals surface area (Å²) in [5.74, 6) is -4.82. The lowest BCUT2D eigenvalue weighted by Gasteiger charge is -2.14. The van der Waals surface area contributed by atoms with Gasteiger partial charge >= 0.3 is 6.18 Å². The molecule has 0 bridgehead atoms. The number of carbonyl (C=O) groups is 2. The van der Waals surface area contributed by atoms with Crippen LogP contribution in [0.3, 0.4) is 0 Å². The molecule has 86 valence electrons. The quantitative estimate of drug-likeness (QED) is 0.680. The highest BCUT2D eigenvalue weighted by Gasteiger charge is 2.45. The highest BCUT2D eigenvalue weighted by atomic mass is 19.4. The van der Waals surface area contributed by atoms with Crippen LogP contribution in [-0.4, -0.2) is 31.0 Å². The van der Waals surface area contributed by atoms with Gasteiger partial charge in [0.1, 0.15) is 5.78 Å². The van der Waals surface area contributed by atoms with Crippen molar-refractivity contribution in [2.24, 2.45) is 11.8 Å². The van der Waals surface area contributed by atoms with Crippen LogP contribution in [-0.2, 0) is 14.3 Å². The van der Waals surface area contributed by atoms with Gasteiger partial charge in [0.05, 0.1) is 12.5 Å². The van der Waals surface area contributed by atoms with Crippen LogP contribution in [0.1, 0.15) is 13.3 Å². The standard InChI is InChI=1S/C9H11F3O3/c1-5(8(14)9(10,11)12)7(13)6-2-3-15-4-6/h5-6H,2-4H2,1H3. The first kappa shape index (κ1) is 12.2. The van der Waals surface area contributed by atoms with Crippen LogP contribution < -0.4 is 0 Å². The molecule has 2 atom stereocenters. The van der Waals surface area contributed by atoms with Gasteiger partial charge in [-0.25, -0.2) is 0 Å². The van der Waals surface area contributed by atoms with Gasteiger partial charge in [-0.05, 0) is 13.3 Å². The van der Waals surface area contributed by atoms with Gasteiger partial charge in [0, 0.05) is 12.5 Å². The molecule has 3 nitrogen and oxygen atoms in total. The zero-order valence-electron chi connectivity index (χ0n) is 8.13. The van der Waals surface area contributed by atoms with Crippen molar-refractivity contribution in [3.8, 4) is 0 Å². The predicted molar refractivity (Wildman–Crippen MR) is 44.2 cm³/mol. The van der Waals surface area contributed by atoms with Crippen LogP contribution >= 0.6 is 0 Å². The van der Waals surface area contributed by atoms with Crippen LogP contribution in [0.2, 0.25) is 0 Å². The zero-order valence-corrected chi connectivity index (χ0v) is 8.13. The Morgan fingerprint density at radius 3 is 2.40 bits per heavy atom. The van der Waals surface area contributed by atoms with Crippen molar-refractivity contribution in [2.75, 3.05) is 13.2 Å². The Labute approximate surface area is 84.6 Å². The molecule has 1 aliphatic heterocycles. The maximum absolute atomic E-state index is 12.0. The molecule has 0 amide bonds. The first-order chi connectivity index (χ1) is 6.84. The molecule has 0 aromatic heterocycles. The molecule has 0 saturated carbocycles. The maximum Gasteiger partial charge on any atom is 0.450 e. The number of hydrogen-bond donors (Lipinski definition) is 0. The van der Waals surface area contributed by atoms with E-state index in [2.05, 4.69) is 0 Å². The first-order valence-corrected chi connectivity index (χ1v) is 4.56. The summed E-state index contributed by atoms with van der Waals surface area (Å²) in [6.45, 7) is 1.48. The van der Waals surface area contributed by atoms with E-state index in [9.17, 15) is 22.8 Å². The van der Waals surface area contributed by atoms with Gasteiger partial charge in [-0.15, -0.1) is 0 Å². The Morgan fingerprint density at radius 2 is 2.00 bits per heavy atom. The number of carbonyl (C=O) groups excluding carboxylic acids is 2. The molecule has 1 aliphatic rings. The van der Waals surface area contributed by atoms with E-state index in [0.717, 1.165) is 6.92 Å². The number of Topliss-reactive ketones (excluding diaryl/α,β-unsaturated/α-hetero) is 2. The fourth-order valence-electron chi connectivity index (χ4n) is 1.49. The zero-order chi connectivity index (χ0) is 11.6. The smallest absolute Gasteiger partial charge is 0.381 e. The number of ether oxygens (including phenoxy) is 1. The van der Waals surface area contributed by atoms with Crippen LogP contribution in [0.5, 0.6) is 0 Å². The predicted octanol–water partition coefficient (Wildman–Crippen LogP) is 1.36. The summed E-state index contributed by atoms with van der Waals surface area (Å²) in [7, 11) is 0. The van der Waals surface area contributed by atoms with E-state index in [4.69, 9.17) is 4.74 Å². The summed E-state index contributed by atoms with van der Waals surface area (Å²) in [6.07, 6.45) is -4.54. The fraction of sp³-hybridized carbons (Fsp3) is 0.778. The molecular formula is C9H11F3O3. The summed E-state index contributed by atoms with van der Waals surface area (Å²) < 4.78 is 40.9. The van der Waals surface area contributed by atoms with E-state index in [1.807, 2.05) is 0 Å². The molecule has 0 aromatic carbocycles. The van der Waals surface area contributed by atoms with Gasteiger partial charge in [0.25, 0.3) is 0 Å². The summed E-state index contributed by atoms with van der Waals surface area (Å²) in [5, 5.41) is 0. The molecule has 0 aliphatic carbocycles. The van der Waals surface area contributed by atoms with Crippen LogP contribution in [0.15, 0.2) is 0 Å². The molecule has 2 unspecified atom stereocenters. The van der Waals surface area contributed by atoms with Crippen molar-refractivity contribution < 1.29 is 27.5 Å². The van der Waals surface area contributed by atoms with E-state index in [-0.39, 0.29) is 6.61 Å². The van der Waals surface area contributed by atoms with Crippen molar-refractivity contribution >= 4 is 11.6 Å². The molecule has 15 heavy (non-hydrogen) atoms. The van der Waals surface area contributed by atoms with Gasteiger partial charge in [-0.1, -0.05) is 0 Å². The van der Waals surface area contributed by atoms with E-state index in [1.165, 1.54) is 0 Å². The highest BCUT2D eigenvalue weighted by molar-refractivity contribution is 6.05. The third-order valence-corrected chi connectivity index (χ3v) is 2.43. The Balaban J connectivity index is 2.63. The van der Waals surface area contributed by atoms with Gasteiger partial charge in [-0.3, -0.25) is 9.59 Å². The summed E-state index contributed by atoms with van der Waals surface area (Å²) in [4.78, 5) is 22.2. The minimum absolute atomic E-state index is 0.119. The SMILES string of the molecule is CC(C(=O)C1CCOC1)C(=O)C(F)(F)F. The number of hydrogen-bond acceptors (Lipinski definition) is 3. The summed E-state index contributed by atoms with van der Waals surface area (Å²) in [5.41, 5.74) is 0. The molecule has 1 heterocycles. The second kappa shape index (κ2) is 4.30. The van der Waals surface area contributed by atoms with Crippen molar-refractivity contribution in [2.45, 2.75) is 19.5 Å². The van der Waals surface area contributed by atoms with Gasteiger partial charge in [0.15, 0.2) is 0 Å². The summed E-state index contributed by atoms with van der Waals surface area (Å²) in [6, 6.07) is 0. The Kier molecular flexibility index (Phi) is 3.49. The number of rotatable bonds is 3. The number of ketones is 2. The average molecular weight is 224 g/mol. The van der Waals surface area contributed by atoms with E-state index in [0.29, 0.717) is 13.0 Å².